The molecule has 0 radical (unpaired) electrons. The van der Waals surface area contributed by atoms with Gasteiger partial charge in [-0.2, -0.15) is 28.8 Å². The number of carbonyl (C=O) groups excluding carboxylic acids is 1. The van der Waals surface area contributed by atoms with Crippen molar-refractivity contribution in [3.8, 4) is 0 Å². The molecule has 0 aromatic heterocycles. The lowest BCUT2D eigenvalue weighted by Crippen LogP contribution is -2.29. The molecule has 0 saturated heterocycles. The Morgan fingerprint density at radius 2 is 1.81 bits per heavy atom. The highest BCUT2D eigenvalue weighted by atomic mass is 35.5. The fraction of sp³-hybridized carbons (Fsp3) is 0.125. The second-order valence-corrected chi connectivity index (χ2v) is 7.26. The summed E-state index contributed by atoms with van der Waals surface area (Å²) < 4.78 is 31.2. The van der Waals surface area contributed by atoms with E-state index in [9.17, 15) is 13.2 Å². The molecule has 0 aliphatic carbocycles. The molecule has 1 unspecified atom stereocenters. The van der Waals surface area contributed by atoms with Gasteiger partial charge in [0.1, 0.15) is 5.69 Å². The SMILES string of the molecule is CC1=NN(c2ccc(S(=O)(=O)O)cc2)C(=O)C1N=Nc1ccccc1Cl. The molecule has 10 heteroatoms. The van der Waals surface area contributed by atoms with Gasteiger partial charge in [-0.3, -0.25) is 9.35 Å². The summed E-state index contributed by atoms with van der Waals surface area (Å²) in [6.45, 7) is 1.64. The van der Waals surface area contributed by atoms with Crippen LogP contribution < -0.4 is 5.01 Å². The summed E-state index contributed by atoms with van der Waals surface area (Å²) in [6, 6.07) is 11.0. The van der Waals surface area contributed by atoms with Crippen LogP contribution in [0.1, 0.15) is 6.92 Å². The van der Waals surface area contributed by atoms with Crippen molar-refractivity contribution in [3.05, 3.63) is 53.6 Å². The van der Waals surface area contributed by atoms with E-state index in [1.54, 1.807) is 31.2 Å². The molecule has 2 aromatic carbocycles. The number of nitrogens with zero attached hydrogens (tertiary/aromatic N) is 4. The van der Waals surface area contributed by atoms with Crippen molar-refractivity contribution in [1.29, 1.82) is 0 Å². The van der Waals surface area contributed by atoms with Gasteiger partial charge in [-0.15, -0.1) is 0 Å². The van der Waals surface area contributed by atoms with Gasteiger partial charge in [0.05, 0.1) is 21.3 Å². The van der Waals surface area contributed by atoms with E-state index >= 15 is 0 Å². The summed E-state index contributed by atoms with van der Waals surface area (Å²) in [5, 5.41) is 13.7. The van der Waals surface area contributed by atoms with Crippen molar-refractivity contribution in [1.82, 2.24) is 0 Å². The Morgan fingerprint density at radius 3 is 2.42 bits per heavy atom. The highest BCUT2D eigenvalue weighted by Gasteiger charge is 2.34. The second-order valence-electron chi connectivity index (χ2n) is 5.43. The molecule has 1 heterocycles. The largest absolute Gasteiger partial charge is 0.294 e. The second kappa shape index (κ2) is 6.94. The van der Waals surface area contributed by atoms with Gasteiger partial charge in [0, 0.05) is 0 Å². The molecule has 0 bridgehead atoms. The van der Waals surface area contributed by atoms with Crippen LogP contribution in [0.25, 0.3) is 0 Å². The smallest absolute Gasteiger partial charge is 0.282 e. The van der Waals surface area contributed by atoms with Crippen LogP contribution in [0.15, 0.2) is 68.8 Å². The van der Waals surface area contributed by atoms with Crippen LogP contribution in [-0.2, 0) is 14.9 Å². The van der Waals surface area contributed by atoms with Crippen LogP contribution in [0.4, 0.5) is 11.4 Å². The normalized spacial score (nSPS) is 17.8. The number of anilines is 1. The molecule has 0 fully saturated rings. The zero-order valence-electron chi connectivity index (χ0n) is 13.4. The first-order valence-electron chi connectivity index (χ1n) is 7.39. The Labute approximate surface area is 154 Å². The molecule has 1 N–H and O–H groups in total. The van der Waals surface area contributed by atoms with Gasteiger partial charge in [0.25, 0.3) is 16.0 Å². The van der Waals surface area contributed by atoms with Crippen LogP contribution in [0.2, 0.25) is 5.02 Å². The number of hydrogen-bond acceptors (Lipinski definition) is 6. The van der Waals surface area contributed by atoms with Crippen molar-refractivity contribution in [2.75, 3.05) is 5.01 Å². The minimum atomic E-state index is -4.31. The maximum Gasteiger partial charge on any atom is 0.294 e. The van der Waals surface area contributed by atoms with Gasteiger partial charge in [-0.1, -0.05) is 23.7 Å². The third-order valence-corrected chi connectivity index (χ3v) is 4.80. The lowest BCUT2D eigenvalue weighted by molar-refractivity contribution is -0.117. The van der Waals surface area contributed by atoms with Gasteiger partial charge in [-0.05, 0) is 43.3 Å². The first-order chi connectivity index (χ1) is 12.3. The van der Waals surface area contributed by atoms with E-state index in [1.807, 2.05) is 0 Å². The van der Waals surface area contributed by atoms with E-state index in [2.05, 4.69) is 15.3 Å². The standard InChI is InChI=1S/C16H13ClN4O4S/c1-10-15(19-18-14-5-3-2-4-13(14)17)16(22)21(20-10)11-6-8-12(9-7-11)26(23,24)25/h2-9,15H,1H3,(H,23,24,25). The molecule has 26 heavy (non-hydrogen) atoms. The van der Waals surface area contributed by atoms with E-state index in [0.29, 0.717) is 22.1 Å². The summed E-state index contributed by atoms with van der Waals surface area (Å²) in [5.74, 6) is -0.432. The zero-order valence-corrected chi connectivity index (χ0v) is 15.0. The Hall–Kier alpha value is -2.62. The summed E-state index contributed by atoms with van der Waals surface area (Å²) in [7, 11) is -4.31. The monoisotopic (exact) mass is 392 g/mol. The number of hydrogen-bond donors (Lipinski definition) is 1. The van der Waals surface area contributed by atoms with Gasteiger partial charge < -0.3 is 0 Å². The van der Waals surface area contributed by atoms with Crippen LogP contribution in [0.5, 0.6) is 0 Å². The molecule has 1 amide bonds. The fourth-order valence-electron chi connectivity index (χ4n) is 2.29. The average molecular weight is 393 g/mol. The molecular formula is C16H13ClN4O4S. The van der Waals surface area contributed by atoms with Crippen molar-refractivity contribution in [2.45, 2.75) is 17.9 Å². The van der Waals surface area contributed by atoms with Crippen molar-refractivity contribution >= 4 is 44.7 Å². The van der Waals surface area contributed by atoms with E-state index in [4.69, 9.17) is 16.2 Å². The molecule has 134 valence electrons. The Morgan fingerprint density at radius 1 is 1.15 bits per heavy atom. The Kier molecular flexibility index (Phi) is 4.86. The van der Waals surface area contributed by atoms with Crippen molar-refractivity contribution in [3.63, 3.8) is 0 Å². The highest BCUT2D eigenvalue weighted by molar-refractivity contribution is 7.85. The summed E-state index contributed by atoms with van der Waals surface area (Å²) in [6.07, 6.45) is 0. The van der Waals surface area contributed by atoms with Crippen molar-refractivity contribution in [2.24, 2.45) is 15.3 Å². The molecular weight excluding hydrogens is 380 g/mol. The number of rotatable bonds is 4. The molecule has 1 aliphatic heterocycles. The van der Waals surface area contributed by atoms with E-state index in [0.717, 1.165) is 5.01 Å². The summed E-state index contributed by atoms with van der Waals surface area (Å²) in [4.78, 5) is 12.3. The predicted molar refractivity (Wildman–Crippen MR) is 96.6 cm³/mol. The van der Waals surface area contributed by atoms with Crippen LogP contribution in [-0.4, -0.2) is 30.6 Å². The first-order valence-corrected chi connectivity index (χ1v) is 9.21. The number of halogens is 1. The van der Waals surface area contributed by atoms with E-state index < -0.39 is 22.1 Å². The summed E-state index contributed by atoms with van der Waals surface area (Å²) in [5.41, 5.74) is 1.22. The quantitative estimate of drug-likeness (QED) is 0.634. The van der Waals surface area contributed by atoms with E-state index in [1.165, 1.54) is 24.3 Å². The third kappa shape index (κ3) is 3.64. The van der Waals surface area contributed by atoms with Crippen LogP contribution >= 0.6 is 11.6 Å². The van der Waals surface area contributed by atoms with E-state index in [-0.39, 0.29) is 4.90 Å². The van der Waals surface area contributed by atoms with Gasteiger partial charge in [0.2, 0.25) is 0 Å². The highest BCUT2D eigenvalue weighted by Crippen LogP contribution is 2.27. The number of hydrazone groups is 1. The fourth-order valence-corrected chi connectivity index (χ4v) is 2.94. The molecule has 0 spiro atoms. The Balaban J connectivity index is 1.83. The van der Waals surface area contributed by atoms with Gasteiger partial charge in [-0.25, -0.2) is 0 Å². The van der Waals surface area contributed by atoms with Crippen LogP contribution in [0.3, 0.4) is 0 Å². The predicted octanol–water partition coefficient (Wildman–Crippen LogP) is 3.46. The molecule has 0 saturated carbocycles. The maximum atomic E-state index is 12.6. The van der Waals surface area contributed by atoms with Gasteiger partial charge >= 0.3 is 0 Å². The van der Waals surface area contributed by atoms with Gasteiger partial charge in [0.15, 0.2) is 6.04 Å². The third-order valence-electron chi connectivity index (χ3n) is 3.61. The van der Waals surface area contributed by atoms with Crippen molar-refractivity contribution < 1.29 is 17.8 Å². The Bertz CT molecular complexity index is 1020. The number of amides is 1. The number of carbonyl (C=O) groups is 1. The molecule has 1 aliphatic rings. The zero-order chi connectivity index (χ0) is 18.9. The minimum Gasteiger partial charge on any atom is -0.282 e. The minimum absolute atomic E-state index is 0.274. The summed E-state index contributed by atoms with van der Waals surface area (Å²) >= 11 is 6.01. The van der Waals surface area contributed by atoms with Crippen LogP contribution in [0, 0.1) is 0 Å². The average Bonchev–Trinajstić information content (AvgIpc) is 2.88. The lowest BCUT2D eigenvalue weighted by Gasteiger charge is -2.12. The molecule has 3 rings (SSSR count). The lowest BCUT2D eigenvalue weighted by atomic mass is 10.2. The number of azo groups is 1. The number of benzene rings is 2. The molecule has 2 aromatic rings. The maximum absolute atomic E-state index is 12.6. The topological polar surface area (TPSA) is 112 Å². The first kappa shape index (κ1) is 18.2. The molecule has 1 atom stereocenters. The molecule has 8 nitrogen and oxygen atoms in total.